The molecule has 3 aromatic rings. The van der Waals surface area contributed by atoms with Gasteiger partial charge in [0.1, 0.15) is 12.1 Å². The van der Waals surface area contributed by atoms with Gasteiger partial charge in [-0.15, -0.1) is 0 Å². The second-order valence-electron chi connectivity index (χ2n) is 5.13. The Balaban J connectivity index is 1.44. The zero-order valence-electron chi connectivity index (χ0n) is 12.8. The third kappa shape index (κ3) is 4.18. The first-order chi connectivity index (χ1) is 11.7. The number of aromatic nitrogens is 3. The van der Waals surface area contributed by atoms with E-state index in [0.717, 1.165) is 16.9 Å². The lowest BCUT2D eigenvalue weighted by molar-refractivity contribution is 0.173. The minimum Gasteiger partial charge on any atom is -0.387 e. The van der Waals surface area contributed by atoms with Crippen LogP contribution >= 0.6 is 11.3 Å². The molecule has 1 unspecified atom stereocenters. The summed E-state index contributed by atoms with van der Waals surface area (Å²) in [6.45, 7) is 0.526. The molecule has 3 N–H and O–H groups in total. The first kappa shape index (κ1) is 16.2. The van der Waals surface area contributed by atoms with Crippen molar-refractivity contribution in [2.24, 2.45) is 0 Å². The van der Waals surface area contributed by atoms with E-state index in [9.17, 15) is 9.90 Å². The van der Waals surface area contributed by atoms with Gasteiger partial charge in [-0.2, -0.15) is 11.3 Å². The SMILES string of the molecule is O=C(NCc1ccc(-n2ccnc2)nc1)NCC(O)c1ccsc1. The molecule has 0 saturated carbocycles. The van der Waals surface area contributed by atoms with Crippen LogP contribution in [0.5, 0.6) is 0 Å². The Labute approximate surface area is 143 Å². The van der Waals surface area contributed by atoms with Crippen LogP contribution < -0.4 is 10.6 Å². The van der Waals surface area contributed by atoms with Crippen molar-refractivity contribution in [3.63, 3.8) is 0 Å². The summed E-state index contributed by atoms with van der Waals surface area (Å²) < 4.78 is 1.80. The van der Waals surface area contributed by atoms with Gasteiger partial charge < -0.3 is 15.7 Å². The molecule has 2 amide bonds. The third-order valence-electron chi connectivity index (χ3n) is 3.42. The Morgan fingerprint density at radius 3 is 2.92 bits per heavy atom. The summed E-state index contributed by atoms with van der Waals surface area (Å²) in [7, 11) is 0. The Morgan fingerprint density at radius 2 is 2.25 bits per heavy atom. The number of imidazole rings is 1. The first-order valence-electron chi connectivity index (χ1n) is 7.37. The Kier molecular flexibility index (Phi) is 5.19. The number of hydrogen-bond donors (Lipinski definition) is 3. The predicted octanol–water partition coefficient (Wildman–Crippen LogP) is 1.86. The first-order valence-corrected chi connectivity index (χ1v) is 8.32. The summed E-state index contributed by atoms with van der Waals surface area (Å²) >= 11 is 1.51. The highest BCUT2D eigenvalue weighted by Crippen LogP contribution is 2.14. The van der Waals surface area contributed by atoms with Crippen LogP contribution in [0.3, 0.4) is 0 Å². The molecule has 3 aromatic heterocycles. The molecule has 0 aliphatic rings. The van der Waals surface area contributed by atoms with Gasteiger partial charge in [-0.05, 0) is 34.0 Å². The predicted molar refractivity (Wildman–Crippen MR) is 90.9 cm³/mol. The number of carbonyl (C=O) groups is 1. The number of thiophene rings is 1. The van der Waals surface area contributed by atoms with Crippen LogP contribution in [0.4, 0.5) is 4.79 Å². The molecule has 0 saturated heterocycles. The molecule has 24 heavy (non-hydrogen) atoms. The van der Waals surface area contributed by atoms with Gasteiger partial charge in [0.15, 0.2) is 0 Å². The van der Waals surface area contributed by atoms with Crippen molar-refractivity contribution in [2.75, 3.05) is 6.54 Å². The fourth-order valence-corrected chi connectivity index (χ4v) is 2.79. The highest BCUT2D eigenvalue weighted by molar-refractivity contribution is 7.07. The molecule has 1 atom stereocenters. The molecule has 0 aliphatic heterocycles. The standard InChI is InChI=1S/C16H17N5O2S/c22-14(13-3-6-24-10-13)9-20-16(23)19-8-12-1-2-15(18-7-12)21-5-4-17-11-21/h1-7,10-11,14,22H,8-9H2,(H2,19,20,23). The molecule has 0 aliphatic carbocycles. The number of nitrogens with one attached hydrogen (secondary N) is 2. The number of amides is 2. The summed E-state index contributed by atoms with van der Waals surface area (Å²) in [6, 6.07) is 5.25. The zero-order valence-corrected chi connectivity index (χ0v) is 13.6. The van der Waals surface area contributed by atoms with Crippen molar-refractivity contribution >= 4 is 17.4 Å². The van der Waals surface area contributed by atoms with E-state index in [2.05, 4.69) is 20.6 Å². The van der Waals surface area contributed by atoms with Gasteiger partial charge in [-0.1, -0.05) is 6.07 Å². The maximum atomic E-state index is 11.8. The van der Waals surface area contributed by atoms with Crippen molar-refractivity contribution in [2.45, 2.75) is 12.6 Å². The van der Waals surface area contributed by atoms with Crippen LogP contribution in [0.15, 0.2) is 53.9 Å². The monoisotopic (exact) mass is 343 g/mol. The number of hydrogen-bond acceptors (Lipinski definition) is 5. The number of rotatable bonds is 6. The number of nitrogens with zero attached hydrogens (tertiary/aromatic N) is 3. The fourth-order valence-electron chi connectivity index (χ4n) is 2.09. The number of pyridine rings is 1. The third-order valence-corrected chi connectivity index (χ3v) is 4.12. The van der Waals surface area contributed by atoms with E-state index in [1.54, 1.807) is 23.3 Å². The van der Waals surface area contributed by atoms with E-state index in [0.29, 0.717) is 6.54 Å². The van der Waals surface area contributed by atoms with Crippen molar-refractivity contribution in [3.8, 4) is 5.82 Å². The van der Waals surface area contributed by atoms with Crippen molar-refractivity contribution in [3.05, 3.63) is 65.0 Å². The second-order valence-corrected chi connectivity index (χ2v) is 5.91. The van der Waals surface area contributed by atoms with E-state index >= 15 is 0 Å². The Morgan fingerprint density at radius 1 is 1.33 bits per heavy atom. The van der Waals surface area contributed by atoms with Crippen molar-refractivity contribution in [1.29, 1.82) is 0 Å². The van der Waals surface area contributed by atoms with Gasteiger partial charge >= 0.3 is 6.03 Å². The fraction of sp³-hybridized carbons (Fsp3) is 0.188. The molecule has 124 valence electrons. The van der Waals surface area contributed by atoms with Crippen LogP contribution in [-0.4, -0.2) is 32.2 Å². The quantitative estimate of drug-likeness (QED) is 0.637. The van der Waals surface area contributed by atoms with Crippen LogP contribution in [0.25, 0.3) is 5.82 Å². The maximum Gasteiger partial charge on any atom is 0.315 e. The molecular weight excluding hydrogens is 326 g/mol. The van der Waals surface area contributed by atoms with E-state index in [1.165, 1.54) is 11.3 Å². The molecule has 3 rings (SSSR count). The molecule has 0 spiro atoms. The van der Waals surface area contributed by atoms with Gasteiger partial charge in [0.25, 0.3) is 0 Å². The average molecular weight is 343 g/mol. The molecule has 7 nitrogen and oxygen atoms in total. The smallest absolute Gasteiger partial charge is 0.315 e. The van der Waals surface area contributed by atoms with Crippen LogP contribution in [0.2, 0.25) is 0 Å². The van der Waals surface area contributed by atoms with E-state index < -0.39 is 6.10 Å². The van der Waals surface area contributed by atoms with Gasteiger partial charge in [0, 0.05) is 31.7 Å². The summed E-state index contributed by atoms with van der Waals surface area (Å²) in [5.41, 5.74) is 1.69. The lowest BCUT2D eigenvalue weighted by Crippen LogP contribution is -2.37. The minimum absolute atomic E-state index is 0.167. The van der Waals surface area contributed by atoms with E-state index in [4.69, 9.17) is 0 Å². The molecule has 0 radical (unpaired) electrons. The lowest BCUT2D eigenvalue weighted by atomic mass is 10.2. The van der Waals surface area contributed by atoms with Crippen molar-refractivity contribution < 1.29 is 9.90 Å². The van der Waals surface area contributed by atoms with Crippen LogP contribution in [0, 0.1) is 0 Å². The van der Waals surface area contributed by atoms with E-state index in [1.807, 2.05) is 35.2 Å². The van der Waals surface area contributed by atoms with Crippen LogP contribution in [-0.2, 0) is 6.54 Å². The summed E-state index contributed by atoms with van der Waals surface area (Å²) in [5.74, 6) is 0.764. The summed E-state index contributed by atoms with van der Waals surface area (Å²) in [6.07, 6.45) is 6.18. The second kappa shape index (κ2) is 7.71. The maximum absolute atomic E-state index is 11.8. The molecule has 3 heterocycles. The molecule has 0 bridgehead atoms. The topological polar surface area (TPSA) is 92.1 Å². The highest BCUT2D eigenvalue weighted by Gasteiger charge is 2.09. The van der Waals surface area contributed by atoms with Gasteiger partial charge in [0.05, 0.1) is 6.10 Å². The van der Waals surface area contributed by atoms with Gasteiger partial charge in [-0.3, -0.25) is 4.57 Å². The lowest BCUT2D eigenvalue weighted by Gasteiger charge is -2.11. The normalized spacial score (nSPS) is 11.9. The number of aliphatic hydroxyl groups excluding tert-OH is 1. The average Bonchev–Trinajstić information content (AvgIpc) is 3.31. The zero-order chi connectivity index (χ0) is 16.8. The minimum atomic E-state index is -0.696. The number of urea groups is 1. The van der Waals surface area contributed by atoms with E-state index in [-0.39, 0.29) is 12.6 Å². The molecular formula is C16H17N5O2S. The van der Waals surface area contributed by atoms with Crippen molar-refractivity contribution in [1.82, 2.24) is 25.2 Å². The summed E-state index contributed by atoms with van der Waals surface area (Å²) in [4.78, 5) is 20.1. The molecule has 0 aromatic carbocycles. The molecule has 8 heteroatoms. The number of aliphatic hydroxyl groups is 1. The highest BCUT2D eigenvalue weighted by atomic mass is 32.1. The Hall–Kier alpha value is -2.71. The number of carbonyl (C=O) groups excluding carboxylic acids is 1. The molecule has 0 fully saturated rings. The van der Waals surface area contributed by atoms with Crippen LogP contribution in [0.1, 0.15) is 17.2 Å². The van der Waals surface area contributed by atoms with Gasteiger partial charge in [0.2, 0.25) is 0 Å². The Bertz CT molecular complexity index is 756. The summed E-state index contributed by atoms with van der Waals surface area (Å²) in [5, 5.41) is 19.0. The van der Waals surface area contributed by atoms with Gasteiger partial charge in [-0.25, -0.2) is 14.8 Å². The largest absolute Gasteiger partial charge is 0.387 e.